The molecule has 1 atom stereocenters. The van der Waals surface area contributed by atoms with Gasteiger partial charge in [-0.25, -0.2) is 9.80 Å². The Bertz CT molecular complexity index is 875. The Balaban J connectivity index is 1.59. The maximum absolute atomic E-state index is 12.8. The lowest BCUT2D eigenvalue weighted by atomic mass is 10.1. The molecule has 8 nitrogen and oxygen atoms in total. The van der Waals surface area contributed by atoms with Gasteiger partial charge in [0.05, 0.1) is 16.9 Å². The van der Waals surface area contributed by atoms with E-state index in [1.165, 1.54) is 17.0 Å². The standard InChI is InChI=1S/C17H16N4O4S/c1-19-9-15(22)20(17(19)24)10-16(23)21-12(13-4-2-6-25-13)8-11(18-21)14-5-3-7-26-14/h2-7,12H,8-10H2,1H3/t12-/m1/s1. The molecular weight excluding hydrogens is 356 g/mol. The van der Waals surface area contributed by atoms with Crippen molar-refractivity contribution < 1.29 is 18.8 Å². The third kappa shape index (κ3) is 2.80. The molecule has 134 valence electrons. The number of hydrazone groups is 1. The fourth-order valence-electron chi connectivity index (χ4n) is 3.07. The van der Waals surface area contributed by atoms with Crippen molar-refractivity contribution in [3.05, 3.63) is 46.5 Å². The Labute approximate surface area is 153 Å². The van der Waals surface area contributed by atoms with Gasteiger partial charge in [-0.3, -0.25) is 14.5 Å². The fraction of sp³-hybridized carbons (Fsp3) is 0.294. The highest BCUT2D eigenvalue weighted by Gasteiger charge is 2.40. The molecule has 0 unspecified atom stereocenters. The summed E-state index contributed by atoms with van der Waals surface area (Å²) in [5.74, 6) is -0.193. The van der Waals surface area contributed by atoms with Crippen LogP contribution in [0.3, 0.4) is 0 Å². The molecule has 2 aromatic rings. The molecule has 4 rings (SSSR count). The molecule has 0 radical (unpaired) electrons. The Hall–Kier alpha value is -2.94. The minimum atomic E-state index is -0.473. The summed E-state index contributed by atoms with van der Waals surface area (Å²) >= 11 is 1.54. The van der Waals surface area contributed by atoms with Gasteiger partial charge in [0, 0.05) is 13.5 Å². The minimum Gasteiger partial charge on any atom is -0.467 e. The van der Waals surface area contributed by atoms with Gasteiger partial charge in [0.25, 0.3) is 11.8 Å². The number of hydrogen-bond acceptors (Lipinski definition) is 6. The van der Waals surface area contributed by atoms with Gasteiger partial charge in [-0.2, -0.15) is 5.10 Å². The highest BCUT2D eigenvalue weighted by molar-refractivity contribution is 7.12. The topological polar surface area (TPSA) is 86.4 Å². The van der Waals surface area contributed by atoms with Crippen LogP contribution >= 0.6 is 11.3 Å². The van der Waals surface area contributed by atoms with E-state index in [9.17, 15) is 14.4 Å². The summed E-state index contributed by atoms with van der Waals surface area (Å²) in [6, 6.07) is 6.55. The summed E-state index contributed by atoms with van der Waals surface area (Å²) in [5.41, 5.74) is 0.783. The third-order valence-electron chi connectivity index (χ3n) is 4.37. The van der Waals surface area contributed by atoms with Gasteiger partial charge in [0.15, 0.2) is 0 Å². The number of rotatable bonds is 4. The second-order valence-corrected chi connectivity index (χ2v) is 7.06. The Kier molecular flexibility index (Phi) is 4.08. The number of carbonyl (C=O) groups is 3. The lowest BCUT2D eigenvalue weighted by molar-refractivity contribution is -0.138. The van der Waals surface area contributed by atoms with Crippen LogP contribution < -0.4 is 0 Å². The van der Waals surface area contributed by atoms with Crippen LogP contribution in [0.4, 0.5) is 4.79 Å². The molecule has 1 saturated heterocycles. The van der Waals surface area contributed by atoms with Gasteiger partial charge < -0.3 is 9.32 Å². The molecule has 0 saturated carbocycles. The van der Waals surface area contributed by atoms with E-state index in [4.69, 9.17) is 4.42 Å². The second kappa shape index (κ2) is 6.41. The third-order valence-corrected chi connectivity index (χ3v) is 5.29. The van der Waals surface area contributed by atoms with Crippen molar-refractivity contribution in [2.24, 2.45) is 5.10 Å². The fourth-order valence-corrected chi connectivity index (χ4v) is 3.79. The smallest absolute Gasteiger partial charge is 0.327 e. The summed E-state index contributed by atoms with van der Waals surface area (Å²) in [6.07, 6.45) is 2.06. The number of hydrogen-bond donors (Lipinski definition) is 0. The van der Waals surface area contributed by atoms with Crippen LogP contribution in [0.25, 0.3) is 0 Å². The van der Waals surface area contributed by atoms with Crippen molar-refractivity contribution in [3.8, 4) is 0 Å². The summed E-state index contributed by atoms with van der Waals surface area (Å²) in [6.45, 7) is -0.349. The zero-order valence-corrected chi connectivity index (χ0v) is 14.8. The van der Waals surface area contributed by atoms with Gasteiger partial charge in [-0.05, 0) is 23.6 Å². The maximum atomic E-state index is 12.8. The highest BCUT2D eigenvalue weighted by atomic mass is 32.1. The number of nitrogens with zero attached hydrogens (tertiary/aromatic N) is 4. The largest absolute Gasteiger partial charge is 0.467 e. The van der Waals surface area contributed by atoms with Gasteiger partial charge in [0.1, 0.15) is 24.9 Å². The normalized spacial score (nSPS) is 20.3. The van der Waals surface area contributed by atoms with Crippen LogP contribution in [0.15, 0.2) is 45.4 Å². The monoisotopic (exact) mass is 372 g/mol. The predicted molar refractivity (Wildman–Crippen MR) is 93.5 cm³/mol. The van der Waals surface area contributed by atoms with Crippen LogP contribution in [0.1, 0.15) is 23.1 Å². The average molecular weight is 372 g/mol. The van der Waals surface area contributed by atoms with E-state index in [1.807, 2.05) is 17.5 Å². The molecule has 4 amide bonds. The molecule has 2 aromatic heterocycles. The molecule has 4 heterocycles. The highest BCUT2D eigenvalue weighted by Crippen LogP contribution is 2.34. The molecule has 0 bridgehead atoms. The van der Waals surface area contributed by atoms with Crippen molar-refractivity contribution in [2.75, 3.05) is 20.1 Å². The number of amides is 4. The average Bonchev–Trinajstić information content (AvgIpc) is 3.39. The van der Waals surface area contributed by atoms with Crippen molar-refractivity contribution in [3.63, 3.8) is 0 Å². The number of likely N-dealkylation sites (N-methyl/N-ethyl adjacent to an activating group) is 1. The first kappa shape index (κ1) is 16.5. The van der Waals surface area contributed by atoms with Gasteiger partial charge in [-0.1, -0.05) is 6.07 Å². The molecule has 0 N–H and O–H groups in total. The molecule has 0 aliphatic carbocycles. The zero-order chi connectivity index (χ0) is 18.3. The van der Waals surface area contributed by atoms with E-state index >= 15 is 0 Å². The Morgan fingerprint density at radius 2 is 2.19 bits per heavy atom. The Morgan fingerprint density at radius 1 is 1.35 bits per heavy atom. The SMILES string of the molecule is CN1CC(=O)N(CC(=O)N2N=C(c3cccs3)C[C@@H]2c2ccco2)C1=O. The van der Waals surface area contributed by atoms with Crippen LogP contribution in [-0.4, -0.2) is 58.5 Å². The number of imide groups is 1. The van der Waals surface area contributed by atoms with Crippen molar-refractivity contribution in [2.45, 2.75) is 12.5 Å². The quantitative estimate of drug-likeness (QED) is 0.767. The summed E-state index contributed by atoms with van der Waals surface area (Å²) in [5, 5.41) is 7.74. The molecule has 26 heavy (non-hydrogen) atoms. The molecule has 0 aromatic carbocycles. The van der Waals surface area contributed by atoms with Crippen LogP contribution in [0.5, 0.6) is 0 Å². The van der Waals surface area contributed by atoms with Crippen LogP contribution in [-0.2, 0) is 9.59 Å². The van der Waals surface area contributed by atoms with Crippen LogP contribution in [0.2, 0.25) is 0 Å². The minimum absolute atomic E-state index is 0.0164. The number of urea groups is 1. The predicted octanol–water partition coefficient (Wildman–Crippen LogP) is 1.91. The summed E-state index contributed by atoms with van der Waals surface area (Å²) < 4.78 is 5.47. The van der Waals surface area contributed by atoms with E-state index in [-0.39, 0.29) is 25.0 Å². The lowest BCUT2D eigenvalue weighted by Gasteiger charge is -2.22. The second-order valence-electron chi connectivity index (χ2n) is 6.12. The molecule has 9 heteroatoms. The van der Waals surface area contributed by atoms with Gasteiger partial charge in [0.2, 0.25) is 0 Å². The summed E-state index contributed by atoms with van der Waals surface area (Å²) in [4.78, 5) is 40.0. The van der Waals surface area contributed by atoms with E-state index in [2.05, 4.69) is 5.10 Å². The number of carbonyl (C=O) groups excluding carboxylic acids is 3. The van der Waals surface area contributed by atoms with Gasteiger partial charge in [-0.15, -0.1) is 11.3 Å². The number of furan rings is 1. The number of thiophene rings is 1. The Morgan fingerprint density at radius 3 is 2.81 bits per heavy atom. The van der Waals surface area contributed by atoms with Gasteiger partial charge >= 0.3 is 6.03 Å². The molecule has 2 aliphatic heterocycles. The molecule has 2 aliphatic rings. The van der Waals surface area contributed by atoms with E-state index in [0.717, 1.165) is 15.5 Å². The zero-order valence-electron chi connectivity index (χ0n) is 14.0. The first-order valence-electron chi connectivity index (χ1n) is 8.07. The summed E-state index contributed by atoms with van der Waals surface area (Å²) in [7, 11) is 1.53. The first-order valence-corrected chi connectivity index (χ1v) is 8.95. The molecule has 1 fully saturated rings. The van der Waals surface area contributed by atoms with Crippen molar-refractivity contribution >= 4 is 34.9 Å². The molecule has 0 spiro atoms. The van der Waals surface area contributed by atoms with Crippen LogP contribution in [0, 0.1) is 0 Å². The van der Waals surface area contributed by atoms with E-state index < -0.39 is 11.9 Å². The van der Waals surface area contributed by atoms with E-state index in [0.29, 0.717) is 12.2 Å². The lowest BCUT2D eigenvalue weighted by Crippen LogP contribution is -2.41. The molecular formula is C17H16N4O4S. The first-order chi connectivity index (χ1) is 12.5. The van der Waals surface area contributed by atoms with Crippen molar-refractivity contribution in [1.82, 2.24) is 14.8 Å². The maximum Gasteiger partial charge on any atom is 0.327 e. The van der Waals surface area contributed by atoms with Crippen molar-refractivity contribution in [1.29, 1.82) is 0 Å². The van der Waals surface area contributed by atoms with E-state index in [1.54, 1.807) is 29.7 Å².